The molecule has 0 bridgehead atoms. The molecule has 100 valence electrons. The van der Waals surface area contributed by atoms with Crippen LogP contribution in [0.5, 0.6) is 0 Å². The predicted molar refractivity (Wildman–Crippen MR) is 73.7 cm³/mol. The number of likely N-dealkylation sites (N-methyl/N-ethyl adjacent to an activating group) is 1. The summed E-state index contributed by atoms with van der Waals surface area (Å²) in [6.07, 6.45) is 4.95. The highest BCUT2D eigenvalue weighted by atomic mass is 15.3. The van der Waals surface area contributed by atoms with E-state index in [0.717, 1.165) is 37.7 Å². The Morgan fingerprint density at radius 1 is 1.33 bits per heavy atom. The Morgan fingerprint density at radius 2 is 2.17 bits per heavy atom. The zero-order valence-corrected chi connectivity index (χ0v) is 11.6. The van der Waals surface area contributed by atoms with Gasteiger partial charge in [-0.05, 0) is 34.0 Å². The molecule has 1 aliphatic rings. The second kappa shape index (κ2) is 6.11. The highest BCUT2D eigenvalue weighted by molar-refractivity contribution is 5.37. The molecule has 2 heterocycles. The monoisotopic (exact) mass is 249 g/mol. The number of hydrogen-bond acceptors (Lipinski definition) is 5. The van der Waals surface area contributed by atoms with Crippen LogP contribution < -0.4 is 10.2 Å². The van der Waals surface area contributed by atoms with E-state index in [9.17, 15) is 0 Å². The first-order valence-electron chi connectivity index (χ1n) is 6.61. The van der Waals surface area contributed by atoms with Crippen LogP contribution in [0.1, 0.15) is 19.0 Å². The summed E-state index contributed by atoms with van der Waals surface area (Å²) in [4.78, 5) is 13.7. The molecular weight excluding hydrogens is 226 g/mol. The summed E-state index contributed by atoms with van der Waals surface area (Å²) in [7, 11) is 4.10. The van der Waals surface area contributed by atoms with Gasteiger partial charge in [-0.1, -0.05) is 0 Å². The quantitative estimate of drug-likeness (QED) is 0.855. The average molecular weight is 249 g/mol. The van der Waals surface area contributed by atoms with Crippen molar-refractivity contribution >= 4 is 5.82 Å². The van der Waals surface area contributed by atoms with Gasteiger partial charge in [-0.25, -0.2) is 4.98 Å². The van der Waals surface area contributed by atoms with Crippen LogP contribution in [0, 0.1) is 0 Å². The molecule has 5 heteroatoms. The van der Waals surface area contributed by atoms with Crippen LogP contribution in [-0.2, 0) is 6.54 Å². The first-order chi connectivity index (χ1) is 8.70. The minimum Gasteiger partial charge on any atom is -0.351 e. The van der Waals surface area contributed by atoms with Crippen molar-refractivity contribution in [2.45, 2.75) is 25.9 Å². The lowest BCUT2D eigenvalue weighted by Crippen LogP contribution is -2.38. The van der Waals surface area contributed by atoms with E-state index < -0.39 is 0 Å². The minimum atomic E-state index is 0.488. The van der Waals surface area contributed by atoms with Crippen LogP contribution in [-0.4, -0.2) is 54.6 Å². The van der Waals surface area contributed by atoms with Gasteiger partial charge in [0.1, 0.15) is 5.82 Å². The number of nitrogens with zero attached hydrogens (tertiary/aromatic N) is 4. The molecule has 0 aliphatic carbocycles. The Bertz CT molecular complexity index is 364. The van der Waals surface area contributed by atoms with Gasteiger partial charge in [0.05, 0.1) is 18.1 Å². The fourth-order valence-electron chi connectivity index (χ4n) is 2.48. The van der Waals surface area contributed by atoms with Gasteiger partial charge < -0.3 is 15.1 Å². The van der Waals surface area contributed by atoms with Crippen LogP contribution in [0.4, 0.5) is 5.82 Å². The molecule has 1 unspecified atom stereocenters. The van der Waals surface area contributed by atoms with Crippen LogP contribution in [0.25, 0.3) is 0 Å². The van der Waals surface area contributed by atoms with Crippen LogP contribution in [0.3, 0.4) is 0 Å². The van der Waals surface area contributed by atoms with E-state index >= 15 is 0 Å². The molecule has 2 rings (SSSR count). The summed E-state index contributed by atoms with van der Waals surface area (Å²) < 4.78 is 0. The molecule has 1 N–H and O–H groups in total. The lowest BCUT2D eigenvalue weighted by Gasteiger charge is -2.28. The van der Waals surface area contributed by atoms with Crippen molar-refractivity contribution in [1.29, 1.82) is 0 Å². The van der Waals surface area contributed by atoms with Crippen LogP contribution in [0.2, 0.25) is 0 Å². The maximum atomic E-state index is 4.54. The van der Waals surface area contributed by atoms with Crippen LogP contribution >= 0.6 is 0 Å². The van der Waals surface area contributed by atoms with E-state index in [1.165, 1.54) is 6.42 Å². The molecular formula is C13H23N5. The first kappa shape index (κ1) is 13.2. The molecule has 1 fully saturated rings. The summed E-state index contributed by atoms with van der Waals surface area (Å²) in [5, 5.41) is 3.08. The van der Waals surface area contributed by atoms with Crippen molar-refractivity contribution in [3.05, 3.63) is 18.1 Å². The summed E-state index contributed by atoms with van der Waals surface area (Å²) >= 11 is 0. The van der Waals surface area contributed by atoms with Crippen molar-refractivity contribution < 1.29 is 0 Å². The van der Waals surface area contributed by atoms with E-state index in [4.69, 9.17) is 0 Å². The number of aromatic nitrogens is 2. The fourth-order valence-corrected chi connectivity index (χ4v) is 2.48. The third-order valence-corrected chi connectivity index (χ3v) is 3.39. The molecule has 0 amide bonds. The van der Waals surface area contributed by atoms with E-state index in [1.807, 2.05) is 19.4 Å². The Kier molecular flexibility index (Phi) is 4.49. The third kappa shape index (κ3) is 3.17. The molecule has 1 saturated heterocycles. The molecule has 0 spiro atoms. The Balaban J connectivity index is 2.09. The maximum absolute atomic E-state index is 4.54. The molecule has 1 aromatic heterocycles. The summed E-state index contributed by atoms with van der Waals surface area (Å²) in [5.41, 5.74) is 0.987. The second-order valence-electron chi connectivity index (χ2n) is 5.05. The summed E-state index contributed by atoms with van der Waals surface area (Å²) in [6.45, 7) is 6.33. The molecule has 1 atom stereocenters. The predicted octanol–water partition coefficient (Wildman–Crippen LogP) is 0.726. The molecule has 5 nitrogen and oxygen atoms in total. The number of rotatable bonds is 3. The molecule has 18 heavy (non-hydrogen) atoms. The van der Waals surface area contributed by atoms with Crippen molar-refractivity contribution in [3.63, 3.8) is 0 Å². The smallest absolute Gasteiger partial charge is 0.147 e. The zero-order chi connectivity index (χ0) is 13.0. The topological polar surface area (TPSA) is 44.3 Å². The van der Waals surface area contributed by atoms with E-state index in [1.54, 1.807) is 0 Å². The van der Waals surface area contributed by atoms with Gasteiger partial charge in [0, 0.05) is 25.7 Å². The molecule has 0 aromatic carbocycles. The molecule has 0 radical (unpaired) electrons. The van der Waals surface area contributed by atoms with Gasteiger partial charge in [-0.15, -0.1) is 0 Å². The average Bonchev–Trinajstić information content (AvgIpc) is 2.52. The summed E-state index contributed by atoms with van der Waals surface area (Å²) in [6, 6.07) is 0.488. The number of nitrogens with one attached hydrogen (secondary N) is 1. The Hall–Kier alpha value is -1.20. The largest absolute Gasteiger partial charge is 0.351 e. The van der Waals surface area contributed by atoms with Gasteiger partial charge in [-0.3, -0.25) is 4.98 Å². The molecule has 1 aromatic rings. The fraction of sp³-hybridized carbons (Fsp3) is 0.692. The lowest BCUT2D eigenvalue weighted by molar-refractivity contribution is 0.337. The van der Waals surface area contributed by atoms with Crippen molar-refractivity contribution in [3.8, 4) is 0 Å². The molecule has 1 aliphatic heterocycles. The van der Waals surface area contributed by atoms with Crippen molar-refractivity contribution in [1.82, 2.24) is 20.2 Å². The highest BCUT2D eigenvalue weighted by Gasteiger charge is 2.20. The summed E-state index contributed by atoms with van der Waals surface area (Å²) in [5.74, 6) is 0.998. The number of hydrogen-bond donors (Lipinski definition) is 1. The van der Waals surface area contributed by atoms with E-state index in [0.29, 0.717) is 6.04 Å². The van der Waals surface area contributed by atoms with Gasteiger partial charge in [0.25, 0.3) is 0 Å². The van der Waals surface area contributed by atoms with Crippen molar-refractivity contribution in [2.24, 2.45) is 0 Å². The zero-order valence-electron chi connectivity index (χ0n) is 11.6. The Morgan fingerprint density at radius 3 is 2.83 bits per heavy atom. The first-order valence-corrected chi connectivity index (χ1v) is 6.61. The van der Waals surface area contributed by atoms with Gasteiger partial charge in [-0.2, -0.15) is 0 Å². The standard InChI is InChI=1S/C13H23N5/c1-11-10-17(3)5-4-6-18(11)13-9-15-12(7-14-2)8-16-13/h8-9,11,14H,4-7,10H2,1-3H3. The SMILES string of the molecule is CNCc1cnc(N2CCCN(C)CC2C)cn1. The normalized spacial score (nSPS) is 21.9. The Labute approximate surface area is 109 Å². The van der Waals surface area contributed by atoms with Gasteiger partial charge in [0.15, 0.2) is 0 Å². The number of anilines is 1. The van der Waals surface area contributed by atoms with E-state index in [2.05, 4.69) is 39.1 Å². The van der Waals surface area contributed by atoms with E-state index in [-0.39, 0.29) is 0 Å². The van der Waals surface area contributed by atoms with Gasteiger partial charge >= 0.3 is 0 Å². The van der Waals surface area contributed by atoms with Crippen LogP contribution in [0.15, 0.2) is 12.4 Å². The van der Waals surface area contributed by atoms with Gasteiger partial charge in [0.2, 0.25) is 0 Å². The second-order valence-corrected chi connectivity index (χ2v) is 5.05. The molecule has 0 saturated carbocycles. The lowest BCUT2D eigenvalue weighted by atomic mass is 10.2. The highest BCUT2D eigenvalue weighted by Crippen LogP contribution is 2.16. The minimum absolute atomic E-state index is 0.488. The third-order valence-electron chi connectivity index (χ3n) is 3.39. The maximum Gasteiger partial charge on any atom is 0.147 e. The van der Waals surface area contributed by atoms with Crippen molar-refractivity contribution in [2.75, 3.05) is 38.6 Å².